The molecule has 5 rings (SSSR count). The maximum atomic E-state index is 12.5. The van der Waals surface area contributed by atoms with E-state index in [1.165, 1.54) is 0 Å². The summed E-state index contributed by atoms with van der Waals surface area (Å²) in [4.78, 5) is 24.0. The molecular weight excluding hydrogens is 374 g/mol. The van der Waals surface area contributed by atoms with Crippen molar-refractivity contribution in [1.82, 2.24) is 20.2 Å². The smallest absolute Gasteiger partial charge is 0.251 e. The van der Waals surface area contributed by atoms with Crippen LogP contribution in [-0.4, -0.2) is 53.0 Å². The highest BCUT2D eigenvalue weighted by Crippen LogP contribution is 2.28. The number of amides is 1. The van der Waals surface area contributed by atoms with E-state index >= 15 is 0 Å². The molecule has 0 radical (unpaired) electrons. The number of anilines is 1. The predicted octanol–water partition coefficient (Wildman–Crippen LogP) is 3.61. The van der Waals surface area contributed by atoms with Crippen molar-refractivity contribution in [2.75, 3.05) is 25.5 Å². The van der Waals surface area contributed by atoms with Gasteiger partial charge in [-0.1, -0.05) is 12.1 Å². The number of hydrogen-bond acceptors (Lipinski definition) is 5. The van der Waals surface area contributed by atoms with E-state index < -0.39 is 0 Å². The van der Waals surface area contributed by atoms with Gasteiger partial charge in [-0.15, -0.1) is 0 Å². The van der Waals surface area contributed by atoms with Crippen LogP contribution in [0.5, 0.6) is 0 Å². The topological polar surface area (TPSA) is 70.2 Å². The predicted molar refractivity (Wildman–Crippen MR) is 120 cm³/mol. The maximum Gasteiger partial charge on any atom is 0.251 e. The van der Waals surface area contributed by atoms with Gasteiger partial charge in [-0.05, 0) is 80.7 Å². The summed E-state index contributed by atoms with van der Waals surface area (Å²) in [6.07, 6.45) is 5.17. The summed E-state index contributed by atoms with van der Waals surface area (Å²) in [5.41, 5.74) is 4.91. The van der Waals surface area contributed by atoms with Crippen LogP contribution in [0.1, 0.15) is 35.2 Å². The minimum atomic E-state index is 0.0103. The number of carbonyl (C=O) groups excluding carboxylic acids is 1. The fourth-order valence-corrected chi connectivity index (χ4v) is 4.08. The number of aryl methyl sites for hydroxylation is 1. The molecule has 1 aromatic heterocycles. The molecule has 6 heteroatoms. The third-order valence-corrected chi connectivity index (χ3v) is 6.03. The molecule has 1 saturated heterocycles. The lowest BCUT2D eigenvalue weighted by molar-refractivity contribution is 0.0951. The Morgan fingerprint density at radius 3 is 2.73 bits per heavy atom. The minimum absolute atomic E-state index is 0.0103. The van der Waals surface area contributed by atoms with Gasteiger partial charge in [-0.3, -0.25) is 4.79 Å². The number of benzene rings is 2. The van der Waals surface area contributed by atoms with Crippen LogP contribution in [0.3, 0.4) is 0 Å². The molecule has 1 amide bonds. The van der Waals surface area contributed by atoms with E-state index in [-0.39, 0.29) is 5.91 Å². The highest BCUT2D eigenvalue weighted by atomic mass is 16.1. The van der Waals surface area contributed by atoms with Crippen LogP contribution in [0.4, 0.5) is 5.95 Å². The first-order chi connectivity index (χ1) is 14.5. The molecule has 0 bridgehead atoms. The zero-order chi connectivity index (χ0) is 20.7. The Bertz CT molecular complexity index is 1110. The first-order valence-corrected chi connectivity index (χ1v) is 10.7. The summed E-state index contributed by atoms with van der Waals surface area (Å²) in [5.74, 6) is 0.696. The van der Waals surface area contributed by atoms with Crippen LogP contribution in [-0.2, 0) is 0 Å². The largest absolute Gasteiger partial charge is 0.350 e. The number of nitrogens with zero attached hydrogens (tertiary/aromatic N) is 3. The van der Waals surface area contributed by atoms with Crippen LogP contribution in [0.2, 0.25) is 0 Å². The van der Waals surface area contributed by atoms with Crippen LogP contribution in [0.15, 0.2) is 42.6 Å². The van der Waals surface area contributed by atoms with E-state index in [4.69, 9.17) is 4.98 Å². The van der Waals surface area contributed by atoms with E-state index in [0.29, 0.717) is 23.6 Å². The molecule has 154 valence electrons. The van der Waals surface area contributed by atoms with Gasteiger partial charge in [0.1, 0.15) is 0 Å². The molecular formula is C24H27N5O. The van der Waals surface area contributed by atoms with E-state index in [0.717, 1.165) is 59.9 Å². The summed E-state index contributed by atoms with van der Waals surface area (Å²) in [7, 11) is 2.14. The van der Waals surface area contributed by atoms with Crippen molar-refractivity contribution in [2.24, 2.45) is 0 Å². The van der Waals surface area contributed by atoms with E-state index in [2.05, 4.69) is 46.6 Å². The van der Waals surface area contributed by atoms with E-state index in [9.17, 15) is 4.79 Å². The second-order valence-corrected chi connectivity index (χ2v) is 8.64. The Hall–Kier alpha value is -2.99. The van der Waals surface area contributed by atoms with Gasteiger partial charge in [-0.2, -0.15) is 0 Å². The van der Waals surface area contributed by atoms with Crippen molar-refractivity contribution in [3.8, 4) is 11.1 Å². The second kappa shape index (κ2) is 7.69. The van der Waals surface area contributed by atoms with Crippen molar-refractivity contribution in [1.29, 1.82) is 0 Å². The van der Waals surface area contributed by atoms with E-state index in [1.54, 1.807) is 0 Å². The SMILES string of the molecule is Cc1ccc(C(=O)NC2CC2)cc1-c1ccc2nc(N[C@@H]3CCN(C)C3)ncc2c1. The summed E-state index contributed by atoms with van der Waals surface area (Å²) in [6.45, 7) is 4.19. The molecule has 30 heavy (non-hydrogen) atoms. The van der Waals surface area contributed by atoms with Gasteiger partial charge < -0.3 is 15.5 Å². The van der Waals surface area contributed by atoms with Crippen LogP contribution >= 0.6 is 0 Å². The highest BCUT2D eigenvalue weighted by Gasteiger charge is 2.24. The molecule has 1 aliphatic carbocycles. The van der Waals surface area contributed by atoms with Gasteiger partial charge in [0.05, 0.1) is 5.52 Å². The van der Waals surface area contributed by atoms with Gasteiger partial charge in [0.2, 0.25) is 5.95 Å². The molecule has 1 saturated carbocycles. The van der Waals surface area contributed by atoms with Crippen molar-refractivity contribution >= 4 is 22.8 Å². The summed E-state index contributed by atoms with van der Waals surface area (Å²) in [6, 6.07) is 12.9. The van der Waals surface area contributed by atoms with E-state index in [1.807, 2.05) is 30.5 Å². The lowest BCUT2D eigenvalue weighted by atomic mass is 9.97. The number of likely N-dealkylation sites (N-methyl/N-ethyl adjacent to an activating group) is 1. The first-order valence-electron chi connectivity index (χ1n) is 10.7. The van der Waals surface area contributed by atoms with Gasteiger partial charge in [-0.25, -0.2) is 9.97 Å². The lowest BCUT2D eigenvalue weighted by Gasteiger charge is -2.13. The zero-order valence-corrected chi connectivity index (χ0v) is 17.5. The van der Waals surface area contributed by atoms with Gasteiger partial charge in [0.15, 0.2) is 0 Å². The summed E-state index contributed by atoms with van der Waals surface area (Å²) in [5, 5.41) is 7.51. The number of hydrogen-bond donors (Lipinski definition) is 2. The molecule has 1 aliphatic heterocycles. The van der Waals surface area contributed by atoms with Crippen molar-refractivity contribution in [3.63, 3.8) is 0 Å². The number of fused-ring (bicyclic) bond motifs is 1. The van der Waals surface area contributed by atoms with Gasteiger partial charge in [0.25, 0.3) is 5.91 Å². The minimum Gasteiger partial charge on any atom is -0.350 e. The second-order valence-electron chi connectivity index (χ2n) is 8.64. The number of likely N-dealkylation sites (tertiary alicyclic amines) is 1. The molecule has 2 aromatic carbocycles. The Kier molecular flexibility index (Phi) is 4.87. The fourth-order valence-electron chi connectivity index (χ4n) is 4.08. The molecule has 2 aliphatic rings. The molecule has 2 fully saturated rings. The van der Waals surface area contributed by atoms with Gasteiger partial charge in [0, 0.05) is 35.8 Å². The molecule has 2 heterocycles. The van der Waals surface area contributed by atoms with Crippen molar-refractivity contribution in [3.05, 3.63) is 53.7 Å². The Balaban J connectivity index is 1.40. The summed E-state index contributed by atoms with van der Waals surface area (Å²) < 4.78 is 0. The first kappa shape index (κ1) is 19.0. The quantitative estimate of drug-likeness (QED) is 0.683. The zero-order valence-electron chi connectivity index (χ0n) is 17.5. The molecule has 0 unspecified atom stereocenters. The Morgan fingerprint density at radius 2 is 1.97 bits per heavy atom. The fraction of sp³-hybridized carbons (Fsp3) is 0.375. The molecule has 3 aromatic rings. The van der Waals surface area contributed by atoms with Crippen molar-refractivity contribution < 1.29 is 4.79 Å². The van der Waals surface area contributed by atoms with Crippen LogP contribution < -0.4 is 10.6 Å². The molecule has 2 N–H and O–H groups in total. The molecule has 1 atom stereocenters. The third kappa shape index (κ3) is 4.00. The monoisotopic (exact) mass is 401 g/mol. The summed E-state index contributed by atoms with van der Waals surface area (Å²) >= 11 is 0. The number of aromatic nitrogens is 2. The molecule has 0 spiro atoms. The number of rotatable bonds is 5. The Morgan fingerprint density at radius 1 is 1.10 bits per heavy atom. The number of carbonyl (C=O) groups is 1. The third-order valence-electron chi connectivity index (χ3n) is 6.03. The molecule has 6 nitrogen and oxygen atoms in total. The van der Waals surface area contributed by atoms with Crippen molar-refractivity contribution in [2.45, 2.75) is 38.3 Å². The maximum absolute atomic E-state index is 12.5. The van der Waals surface area contributed by atoms with Crippen LogP contribution in [0.25, 0.3) is 22.0 Å². The normalized spacial score (nSPS) is 19.2. The van der Waals surface area contributed by atoms with Crippen LogP contribution in [0, 0.1) is 6.92 Å². The highest BCUT2D eigenvalue weighted by molar-refractivity contribution is 5.96. The average Bonchev–Trinajstić information content (AvgIpc) is 3.47. The standard InChI is InChI=1S/C24H27N5O/c1-15-3-4-17(23(30)26-19-6-7-19)12-21(15)16-5-8-22-18(11-16)13-25-24(28-22)27-20-9-10-29(2)14-20/h3-5,8,11-13,19-20H,6-7,9-10,14H2,1-2H3,(H,26,30)(H,25,27,28)/t20-/m1/s1. The average molecular weight is 402 g/mol. The number of nitrogens with one attached hydrogen (secondary N) is 2. The Labute approximate surface area is 176 Å². The lowest BCUT2D eigenvalue weighted by Crippen LogP contribution is -2.25. The van der Waals surface area contributed by atoms with Gasteiger partial charge >= 0.3 is 0 Å².